The van der Waals surface area contributed by atoms with Crippen LogP contribution in [0.3, 0.4) is 0 Å². The van der Waals surface area contributed by atoms with Crippen LogP contribution in [0.25, 0.3) is 10.9 Å². The zero-order valence-electron chi connectivity index (χ0n) is 12.2. The Labute approximate surface area is 121 Å². The summed E-state index contributed by atoms with van der Waals surface area (Å²) in [6, 6.07) is 5.75. The van der Waals surface area contributed by atoms with Crippen molar-refractivity contribution in [3.05, 3.63) is 51.8 Å². The molecule has 0 fully saturated rings. The molecule has 2 aromatic heterocycles. The molecule has 0 saturated carbocycles. The molecule has 6 heteroatoms. The van der Waals surface area contributed by atoms with Crippen molar-refractivity contribution >= 4 is 16.6 Å². The second kappa shape index (κ2) is 5.05. The molecule has 1 aromatic carbocycles. The SMILES string of the molecule is Cc1nc(C)c(C(C)Nc2cccc3cn[nH]c23)c(=O)[nH]1. The van der Waals surface area contributed by atoms with E-state index in [1.165, 1.54) is 0 Å². The Morgan fingerprint density at radius 1 is 1.29 bits per heavy atom. The van der Waals surface area contributed by atoms with Gasteiger partial charge in [-0.2, -0.15) is 5.10 Å². The van der Waals surface area contributed by atoms with Gasteiger partial charge in [-0.05, 0) is 26.8 Å². The number of aromatic amines is 2. The molecule has 108 valence electrons. The topological polar surface area (TPSA) is 86.5 Å². The molecule has 0 bridgehead atoms. The summed E-state index contributed by atoms with van der Waals surface area (Å²) in [4.78, 5) is 19.2. The molecule has 3 rings (SSSR count). The summed E-state index contributed by atoms with van der Waals surface area (Å²) in [5, 5.41) is 11.4. The van der Waals surface area contributed by atoms with Crippen molar-refractivity contribution in [2.45, 2.75) is 26.8 Å². The molecule has 21 heavy (non-hydrogen) atoms. The second-order valence-electron chi connectivity index (χ2n) is 5.16. The number of fused-ring (bicyclic) bond motifs is 1. The number of benzene rings is 1. The Bertz CT molecular complexity index is 849. The van der Waals surface area contributed by atoms with Gasteiger partial charge < -0.3 is 10.3 Å². The van der Waals surface area contributed by atoms with Crippen molar-refractivity contribution in [2.75, 3.05) is 5.32 Å². The number of aryl methyl sites for hydroxylation is 2. The lowest BCUT2D eigenvalue weighted by Gasteiger charge is -2.17. The monoisotopic (exact) mass is 283 g/mol. The van der Waals surface area contributed by atoms with Gasteiger partial charge in [0.05, 0.1) is 34.7 Å². The Morgan fingerprint density at radius 3 is 2.86 bits per heavy atom. The van der Waals surface area contributed by atoms with E-state index in [-0.39, 0.29) is 11.6 Å². The Kier molecular flexibility index (Phi) is 3.21. The number of hydrogen-bond donors (Lipinski definition) is 3. The first kappa shape index (κ1) is 13.4. The van der Waals surface area contributed by atoms with E-state index in [4.69, 9.17) is 0 Å². The molecule has 3 N–H and O–H groups in total. The van der Waals surface area contributed by atoms with E-state index >= 15 is 0 Å². The van der Waals surface area contributed by atoms with E-state index in [0.717, 1.165) is 22.3 Å². The Hall–Kier alpha value is -2.63. The van der Waals surface area contributed by atoms with Gasteiger partial charge in [0, 0.05) is 5.39 Å². The van der Waals surface area contributed by atoms with Crippen molar-refractivity contribution < 1.29 is 0 Å². The Morgan fingerprint density at radius 2 is 2.10 bits per heavy atom. The van der Waals surface area contributed by atoms with Crippen LogP contribution in [-0.4, -0.2) is 20.2 Å². The van der Waals surface area contributed by atoms with Crippen molar-refractivity contribution in [1.82, 2.24) is 20.2 Å². The van der Waals surface area contributed by atoms with E-state index in [1.54, 1.807) is 13.1 Å². The number of H-pyrrole nitrogens is 2. The third-order valence-corrected chi connectivity index (χ3v) is 3.55. The van der Waals surface area contributed by atoms with Gasteiger partial charge in [-0.1, -0.05) is 12.1 Å². The number of anilines is 1. The summed E-state index contributed by atoms with van der Waals surface area (Å²) >= 11 is 0. The van der Waals surface area contributed by atoms with Crippen LogP contribution in [0.4, 0.5) is 5.69 Å². The molecule has 3 aromatic rings. The third kappa shape index (κ3) is 2.40. The fourth-order valence-corrected chi connectivity index (χ4v) is 2.64. The van der Waals surface area contributed by atoms with Gasteiger partial charge >= 0.3 is 0 Å². The maximum absolute atomic E-state index is 12.2. The van der Waals surface area contributed by atoms with E-state index in [1.807, 2.05) is 32.0 Å². The minimum absolute atomic E-state index is 0.100. The van der Waals surface area contributed by atoms with Crippen LogP contribution in [0.1, 0.15) is 30.0 Å². The second-order valence-corrected chi connectivity index (χ2v) is 5.16. The number of nitrogens with one attached hydrogen (secondary N) is 3. The predicted octanol–water partition coefficient (Wildman–Crippen LogP) is 2.44. The van der Waals surface area contributed by atoms with Crippen LogP contribution in [0.15, 0.2) is 29.2 Å². The molecule has 0 saturated heterocycles. The molecule has 0 aliphatic heterocycles. The van der Waals surface area contributed by atoms with Crippen molar-refractivity contribution in [2.24, 2.45) is 0 Å². The molecule has 1 atom stereocenters. The number of nitrogens with zero attached hydrogens (tertiary/aromatic N) is 2. The molecular weight excluding hydrogens is 266 g/mol. The van der Waals surface area contributed by atoms with Gasteiger partial charge in [-0.15, -0.1) is 0 Å². The minimum Gasteiger partial charge on any atom is -0.376 e. The van der Waals surface area contributed by atoms with Gasteiger partial charge in [0.25, 0.3) is 5.56 Å². The fourth-order valence-electron chi connectivity index (χ4n) is 2.64. The highest BCUT2D eigenvalue weighted by molar-refractivity contribution is 5.90. The number of rotatable bonds is 3. The summed E-state index contributed by atoms with van der Waals surface area (Å²) in [6.07, 6.45) is 1.77. The zero-order chi connectivity index (χ0) is 15.0. The quantitative estimate of drug-likeness (QED) is 0.689. The predicted molar refractivity (Wildman–Crippen MR) is 82.5 cm³/mol. The summed E-state index contributed by atoms with van der Waals surface area (Å²) in [6.45, 7) is 5.58. The van der Waals surface area contributed by atoms with Crippen LogP contribution >= 0.6 is 0 Å². The van der Waals surface area contributed by atoms with E-state index in [0.29, 0.717) is 11.4 Å². The molecule has 0 radical (unpaired) electrons. The molecule has 2 heterocycles. The fraction of sp³-hybridized carbons (Fsp3) is 0.267. The molecular formula is C15H17N5O. The number of hydrogen-bond acceptors (Lipinski definition) is 4. The largest absolute Gasteiger partial charge is 0.376 e. The molecule has 1 unspecified atom stereocenters. The molecule has 0 aliphatic rings. The average Bonchev–Trinajstić information content (AvgIpc) is 2.86. The van der Waals surface area contributed by atoms with Crippen molar-refractivity contribution in [1.29, 1.82) is 0 Å². The average molecular weight is 283 g/mol. The van der Waals surface area contributed by atoms with Gasteiger partial charge in [0.15, 0.2) is 0 Å². The first-order valence-electron chi connectivity index (χ1n) is 6.82. The lowest BCUT2D eigenvalue weighted by molar-refractivity contribution is 0.814. The van der Waals surface area contributed by atoms with Crippen LogP contribution < -0.4 is 10.9 Å². The van der Waals surface area contributed by atoms with Gasteiger partial charge in [-0.3, -0.25) is 9.89 Å². The van der Waals surface area contributed by atoms with Crippen molar-refractivity contribution in [3.63, 3.8) is 0 Å². The zero-order valence-corrected chi connectivity index (χ0v) is 12.2. The van der Waals surface area contributed by atoms with Gasteiger partial charge in [0.1, 0.15) is 5.82 Å². The Balaban J connectivity index is 1.99. The summed E-state index contributed by atoms with van der Waals surface area (Å²) in [5.41, 5.74) is 3.14. The maximum atomic E-state index is 12.2. The normalized spacial score (nSPS) is 12.5. The van der Waals surface area contributed by atoms with Gasteiger partial charge in [-0.25, -0.2) is 4.98 Å². The smallest absolute Gasteiger partial charge is 0.256 e. The van der Waals surface area contributed by atoms with E-state index < -0.39 is 0 Å². The highest BCUT2D eigenvalue weighted by atomic mass is 16.1. The standard InChI is InChI=1S/C15H17N5O/c1-8-13(15(21)19-10(3)17-8)9(2)18-12-6-4-5-11-7-16-20-14(11)12/h4-7,9,18H,1-3H3,(H,16,20)(H,17,19,21). The summed E-state index contributed by atoms with van der Waals surface area (Å²) in [7, 11) is 0. The number of aromatic nitrogens is 4. The first-order chi connectivity index (χ1) is 10.1. The number of para-hydroxylation sites is 1. The highest BCUT2D eigenvalue weighted by Gasteiger charge is 2.15. The lowest BCUT2D eigenvalue weighted by Crippen LogP contribution is -2.23. The molecule has 0 amide bonds. The third-order valence-electron chi connectivity index (χ3n) is 3.55. The highest BCUT2D eigenvalue weighted by Crippen LogP contribution is 2.24. The van der Waals surface area contributed by atoms with Crippen LogP contribution in [-0.2, 0) is 0 Å². The minimum atomic E-state index is -0.157. The molecule has 0 aliphatic carbocycles. The molecule has 0 spiro atoms. The van der Waals surface area contributed by atoms with Crippen LogP contribution in [0, 0.1) is 13.8 Å². The molecule has 6 nitrogen and oxygen atoms in total. The van der Waals surface area contributed by atoms with E-state index in [2.05, 4.69) is 25.5 Å². The van der Waals surface area contributed by atoms with Crippen molar-refractivity contribution in [3.8, 4) is 0 Å². The van der Waals surface area contributed by atoms with Crippen LogP contribution in [0.2, 0.25) is 0 Å². The summed E-state index contributed by atoms with van der Waals surface area (Å²) in [5.74, 6) is 0.629. The lowest BCUT2D eigenvalue weighted by atomic mass is 10.1. The first-order valence-corrected chi connectivity index (χ1v) is 6.82. The summed E-state index contributed by atoms with van der Waals surface area (Å²) < 4.78 is 0. The van der Waals surface area contributed by atoms with Gasteiger partial charge in [0.2, 0.25) is 0 Å². The van der Waals surface area contributed by atoms with E-state index in [9.17, 15) is 4.79 Å². The van der Waals surface area contributed by atoms with Crippen LogP contribution in [0.5, 0.6) is 0 Å². The maximum Gasteiger partial charge on any atom is 0.256 e.